The van der Waals surface area contributed by atoms with Gasteiger partial charge in [-0.25, -0.2) is 4.98 Å². The highest BCUT2D eigenvalue weighted by atomic mass is 32.1. The van der Waals surface area contributed by atoms with Gasteiger partial charge in [-0.2, -0.15) is 4.37 Å². The number of hydrogen-bond acceptors (Lipinski definition) is 5. The van der Waals surface area contributed by atoms with Gasteiger partial charge in [0.25, 0.3) is 0 Å². The Kier molecular flexibility index (Phi) is 5.38. The van der Waals surface area contributed by atoms with Gasteiger partial charge in [0, 0.05) is 30.5 Å². The fraction of sp³-hybridized carbons (Fsp3) is 0.846. The molecule has 1 aromatic rings. The number of aromatic nitrogens is 2. The van der Waals surface area contributed by atoms with Crippen molar-refractivity contribution in [3.8, 4) is 0 Å². The van der Waals surface area contributed by atoms with Crippen LogP contribution in [0.25, 0.3) is 0 Å². The lowest BCUT2D eigenvalue weighted by molar-refractivity contribution is 0.432. The molecule has 5 heteroatoms. The van der Waals surface area contributed by atoms with Crippen molar-refractivity contribution in [3.05, 3.63) is 5.82 Å². The number of anilines is 1. The van der Waals surface area contributed by atoms with Crippen LogP contribution in [0.3, 0.4) is 0 Å². The van der Waals surface area contributed by atoms with Crippen LogP contribution < -0.4 is 10.2 Å². The van der Waals surface area contributed by atoms with E-state index in [4.69, 9.17) is 4.98 Å². The first kappa shape index (κ1) is 13.7. The molecular formula is C13H24N4S. The van der Waals surface area contributed by atoms with E-state index in [0.717, 1.165) is 36.9 Å². The van der Waals surface area contributed by atoms with Crippen molar-refractivity contribution in [2.75, 3.05) is 25.0 Å². The minimum atomic E-state index is 0.647. The molecule has 1 aromatic heterocycles. The second-order valence-corrected chi connectivity index (χ2v) is 5.71. The van der Waals surface area contributed by atoms with Crippen molar-refractivity contribution >= 4 is 16.7 Å². The Balaban J connectivity index is 2.02. The third-order valence-electron chi connectivity index (χ3n) is 3.53. The highest BCUT2D eigenvalue weighted by molar-refractivity contribution is 7.09. The third kappa shape index (κ3) is 3.42. The molecule has 0 saturated carbocycles. The van der Waals surface area contributed by atoms with Crippen molar-refractivity contribution in [1.82, 2.24) is 14.7 Å². The Morgan fingerprint density at radius 3 is 3.11 bits per heavy atom. The van der Waals surface area contributed by atoms with Crippen LogP contribution in [0.1, 0.15) is 44.9 Å². The molecule has 1 unspecified atom stereocenters. The van der Waals surface area contributed by atoms with E-state index in [2.05, 4.69) is 21.5 Å². The van der Waals surface area contributed by atoms with E-state index < -0.39 is 0 Å². The van der Waals surface area contributed by atoms with Crippen LogP contribution in [0.5, 0.6) is 0 Å². The maximum Gasteiger partial charge on any atom is 0.205 e. The lowest BCUT2D eigenvalue weighted by Crippen LogP contribution is -2.41. The largest absolute Gasteiger partial charge is 0.344 e. The van der Waals surface area contributed by atoms with Gasteiger partial charge < -0.3 is 10.2 Å². The molecule has 0 bridgehead atoms. The predicted octanol–water partition coefficient (Wildman–Crippen LogP) is 2.46. The van der Waals surface area contributed by atoms with Crippen LogP contribution in [0.4, 0.5) is 5.13 Å². The molecule has 1 aliphatic heterocycles. The van der Waals surface area contributed by atoms with Gasteiger partial charge in [0.1, 0.15) is 5.82 Å². The molecule has 0 radical (unpaired) electrons. The molecule has 0 aromatic carbocycles. The van der Waals surface area contributed by atoms with Gasteiger partial charge in [0.05, 0.1) is 0 Å². The first-order valence-electron chi connectivity index (χ1n) is 7.09. The number of piperidine rings is 1. The molecule has 18 heavy (non-hydrogen) atoms. The number of hydrogen-bond donors (Lipinski definition) is 1. The number of rotatable bonds is 6. The van der Waals surface area contributed by atoms with Crippen LogP contribution in [0, 0.1) is 0 Å². The molecule has 1 saturated heterocycles. The van der Waals surface area contributed by atoms with Crippen LogP contribution in [0.2, 0.25) is 0 Å². The normalized spacial score (nSPS) is 20.3. The van der Waals surface area contributed by atoms with Crippen LogP contribution in [0.15, 0.2) is 0 Å². The summed E-state index contributed by atoms with van der Waals surface area (Å²) in [6.45, 7) is 4.41. The maximum atomic E-state index is 4.69. The summed E-state index contributed by atoms with van der Waals surface area (Å²) in [5.41, 5.74) is 0. The van der Waals surface area contributed by atoms with Gasteiger partial charge in [-0.05, 0) is 45.7 Å². The summed E-state index contributed by atoms with van der Waals surface area (Å²) >= 11 is 1.58. The quantitative estimate of drug-likeness (QED) is 0.860. The summed E-state index contributed by atoms with van der Waals surface area (Å²) in [6, 6.07) is 0.647. The van der Waals surface area contributed by atoms with E-state index in [9.17, 15) is 0 Å². The summed E-state index contributed by atoms with van der Waals surface area (Å²) in [4.78, 5) is 7.18. The Hall–Kier alpha value is -0.680. The lowest BCUT2D eigenvalue weighted by atomic mass is 10.00. The fourth-order valence-electron chi connectivity index (χ4n) is 2.55. The van der Waals surface area contributed by atoms with Crippen LogP contribution >= 0.6 is 11.5 Å². The van der Waals surface area contributed by atoms with Crippen LogP contribution in [-0.4, -0.2) is 35.5 Å². The zero-order chi connectivity index (χ0) is 12.8. The molecule has 1 atom stereocenters. The molecule has 0 amide bonds. The van der Waals surface area contributed by atoms with E-state index in [1.54, 1.807) is 11.5 Å². The first-order valence-corrected chi connectivity index (χ1v) is 7.86. The summed E-state index contributed by atoms with van der Waals surface area (Å²) < 4.78 is 4.47. The standard InChI is InChI=1S/C13H24N4S/c1-3-6-12-15-13(18-16-12)17-10-5-4-7-11(17)8-9-14-2/h11,14H,3-10H2,1-2H3. The second kappa shape index (κ2) is 7.04. The Morgan fingerprint density at radius 1 is 1.44 bits per heavy atom. The molecule has 1 N–H and O–H groups in total. The number of nitrogens with one attached hydrogen (secondary N) is 1. The smallest absolute Gasteiger partial charge is 0.205 e. The van der Waals surface area contributed by atoms with Gasteiger partial charge >= 0.3 is 0 Å². The summed E-state index contributed by atoms with van der Waals surface area (Å²) in [5, 5.41) is 4.39. The van der Waals surface area contributed by atoms with Gasteiger partial charge in [-0.15, -0.1) is 0 Å². The molecule has 2 rings (SSSR count). The van der Waals surface area contributed by atoms with Gasteiger partial charge in [-0.3, -0.25) is 0 Å². The van der Waals surface area contributed by atoms with Crippen molar-refractivity contribution in [2.45, 2.75) is 51.5 Å². The zero-order valence-electron chi connectivity index (χ0n) is 11.5. The minimum absolute atomic E-state index is 0.647. The topological polar surface area (TPSA) is 41.1 Å². The molecule has 102 valence electrons. The summed E-state index contributed by atoms with van der Waals surface area (Å²) in [7, 11) is 2.03. The van der Waals surface area contributed by atoms with Crippen molar-refractivity contribution in [1.29, 1.82) is 0 Å². The zero-order valence-corrected chi connectivity index (χ0v) is 12.3. The third-order valence-corrected chi connectivity index (χ3v) is 4.32. The summed E-state index contributed by atoms with van der Waals surface area (Å²) in [6.07, 6.45) is 7.28. The average molecular weight is 268 g/mol. The van der Waals surface area contributed by atoms with E-state index in [1.807, 2.05) is 7.05 Å². The second-order valence-electron chi connectivity index (χ2n) is 4.98. The molecular weight excluding hydrogens is 244 g/mol. The SMILES string of the molecule is CCCc1nsc(N2CCCCC2CCNC)n1. The van der Waals surface area contributed by atoms with Gasteiger partial charge in [-0.1, -0.05) is 6.92 Å². The van der Waals surface area contributed by atoms with Crippen molar-refractivity contribution in [2.24, 2.45) is 0 Å². The van der Waals surface area contributed by atoms with E-state index >= 15 is 0 Å². The Bertz CT molecular complexity index is 353. The molecule has 4 nitrogen and oxygen atoms in total. The average Bonchev–Trinajstić information content (AvgIpc) is 2.86. The van der Waals surface area contributed by atoms with Gasteiger partial charge in [0.2, 0.25) is 5.13 Å². The minimum Gasteiger partial charge on any atom is -0.344 e. The van der Waals surface area contributed by atoms with E-state index in [-0.39, 0.29) is 0 Å². The van der Waals surface area contributed by atoms with Gasteiger partial charge in [0.15, 0.2) is 0 Å². The Morgan fingerprint density at radius 2 is 2.33 bits per heavy atom. The van der Waals surface area contributed by atoms with Crippen LogP contribution in [-0.2, 0) is 6.42 Å². The summed E-state index contributed by atoms with van der Waals surface area (Å²) in [5.74, 6) is 1.02. The molecule has 0 aliphatic carbocycles. The van der Waals surface area contributed by atoms with Crippen molar-refractivity contribution < 1.29 is 0 Å². The molecule has 0 spiro atoms. The highest BCUT2D eigenvalue weighted by Gasteiger charge is 2.24. The van der Waals surface area contributed by atoms with Crippen molar-refractivity contribution in [3.63, 3.8) is 0 Å². The lowest BCUT2D eigenvalue weighted by Gasteiger charge is -2.35. The molecule has 2 heterocycles. The predicted molar refractivity (Wildman–Crippen MR) is 77.4 cm³/mol. The van der Waals surface area contributed by atoms with E-state index in [0.29, 0.717) is 6.04 Å². The maximum absolute atomic E-state index is 4.69. The highest BCUT2D eigenvalue weighted by Crippen LogP contribution is 2.27. The monoisotopic (exact) mass is 268 g/mol. The number of aryl methyl sites for hydroxylation is 1. The fourth-order valence-corrected chi connectivity index (χ4v) is 3.36. The molecule has 1 fully saturated rings. The molecule has 1 aliphatic rings. The van der Waals surface area contributed by atoms with E-state index in [1.165, 1.54) is 25.7 Å². The Labute approximate surface area is 114 Å². The number of nitrogens with zero attached hydrogens (tertiary/aromatic N) is 3. The first-order chi connectivity index (χ1) is 8.85.